The molecular weight excluding hydrogens is 268 g/mol. The fourth-order valence-corrected chi connectivity index (χ4v) is 2.09. The Morgan fingerprint density at radius 3 is 2.74 bits per heavy atom. The summed E-state index contributed by atoms with van der Waals surface area (Å²) in [5, 5.41) is 7.72. The van der Waals surface area contributed by atoms with Crippen molar-refractivity contribution in [1.29, 1.82) is 0 Å². The summed E-state index contributed by atoms with van der Waals surface area (Å²) in [5.41, 5.74) is 0.260. The molecule has 0 radical (unpaired) electrons. The highest BCUT2D eigenvalue weighted by atomic mass is 32.2. The van der Waals surface area contributed by atoms with Crippen molar-refractivity contribution in [3.8, 4) is 0 Å². The summed E-state index contributed by atoms with van der Waals surface area (Å²) in [6.07, 6.45) is 0. The largest absolute Gasteiger partial charge is 0.384 e. The number of hydrogen-bond acceptors (Lipinski definition) is 4. The second-order valence-corrected chi connectivity index (χ2v) is 5.90. The van der Waals surface area contributed by atoms with E-state index in [9.17, 15) is 13.2 Å². The van der Waals surface area contributed by atoms with Crippen molar-refractivity contribution in [2.45, 2.75) is 11.8 Å². The number of benzene rings is 1. The molecule has 0 aliphatic heterocycles. The van der Waals surface area contributed by atoms with Crippen LogP contribution in [0.2, 0.25) is 0 Å². The highest BCUT2D eigenvalue weighted by Crippen LogP contribution is 2.09. The van der Waals surface area contributed by atoms with Crippen LogP contribution in [-0.2, 0) is 14.8 Å². The van der Waals surface area contributed by atoms with Crippen LogP contribution in [0.3, 0.4) is 0 Å². The average molecular weight is 286 g/mol. The minimum atomic E-state index is -3.80. The third-order valence-corrected chi connectivity index (χ3v) is 3.40. The van der Waals surface area contributed by atoms with Crippen LogP contribution >= 0.6 is 0 Å². The molecule has 0 aliphatic carbocycles. The number of ether oxygens (including phenoxy) is 1. The standard InChI is InChI=1S/C12H18N2O4S/c1-9(8-18-2)7-14-12(15)10-4-3-5-11(6-10)19(13,16)17/h3-6,9H,7-8H2,1-2H3,(H,14,15)(H2,13,16,17). The van der Waals surface area contributed by atoms with Crippen molar-refractivity contribution in [3.05, 3.63) is 29.8 Å². The predicted octanol–water partition coefficient (Wildman–Crippen LogP) is 0.346. The summed E-state index contributed by atoms with van der Waals surface area (Å²) < 4.78 is 27.3. The zero-order valence-electron chi connectivity index (χ0n) is 10.9. The zero-order valence-corrected chi connectivity index (χ0v) is 11.7. The third-order valence-electron chi connectivity index (χ3n) is 2.49. The van der Waals surface area contributed by atoms with Crippen molar-refractivity contribution < 1.29 is 17.9 Å². The molecule has 6 nitrogen and oxygen atoms in total. The highest BCUT2D eigenvalue weighted by molar-refractivity contribution is 7.89. The molecule has 19 heavy (non-hydrogen) atoms. The molecule has 0 fully saturated rings. The van der Waals surface area contributed by atoms with Gasteiger partial charge < -0.3 is 10.1 Å². The van der Waals surface area contributed by atoms with E-state index in [0.717, 1.165) is 0 Å². The molecule has 0 heterocycles. The lowest BCUT2D eigenvalue weighted by molar-refractivity contribution is 0.0934. The fourth-order valence-electron chi connectivity index (χ4n) is 1.53. The summed E-state index contributed by atoms with van der Waals surface area (Å²) >= 11 is 0. The minimum absolute atomic E-state index is 0.0786. The number of sulfonamides is 1. The summed E-state index contributed by atoms with van der Waals surface area (Å²) in [7, 11) is -2.21. The molecule has 0 saturated carbocycles. The molecule has 1 aromatic rings. The van der Waals surface area contributed by atoms with E-state index in [1.807, 2.05) is 6.92 Å². The van der Waals surface area contributed by atoms with E-state index in [-0.39, 0.29) is 22.3 Å². The Bertz CT molecular complexity index is 542. The maximum absolute atomic E-state index is 11.8. The number of rotatable bonds is 6. The van der Waals surface area contributed by atoms with E-state index in [1.54, 1.807) is 7.11 Å². The average Bonchev–Trinajstić information content (AvgIpc) is 2.35. The Morgan fingerprint density at radius 2 is 2.16 bits per heavy atom. The predicted molar refractivity (Wildman–Crippen MR) is 71.2 cm³/mol. The van der Waals surface area contributed by atoms with Gasteiger partial charge in [-0.2, -0.15) is 0 Å². The Kier molecular flexibility index (Phi) is 5.46. The Labute approximate surface area is 113 Å². The van der Waals surface area contributed by atoms with Gasteiger partial charge in [-0.05, 0) is 24.1 Å². The summed E-state index contributed by atoms with van der Waals surface area (Å²) in [4.78, 5) is 11.8. The van der Waals surface area contributed by atoms with Crippen molar-refractivity contribution >= 4 is 15.9 Å². The molecule has 1 aromatic carbocycles. The second kappa shape index (κ2) is 6.65. The first-order chi connectivity index (χ1) is 8.84. The molecule has 0 aromatic heterocycles. The van der Waals surface area contributed by atoms with Crippen LogP contribution in [0.1, 0.15) is 17.3 Å². The number of methoxy groups -OCH3 is 1. The van der Waals surface area contributed by atoms with E-state index in [2.05, 4.69) is 5.32 Å². The number of carbonyl (C=O) groups is 1. The number of nitrogens with two attached hydrogens (primary N) is 1. The Balaban J connectivity index is 2.73. The third kappa shape index (κ3) is 4.98. The molecule has 1 atom stereocenters. The molecule has 3 N–H and O–H groups in total. The lowest BCUT2D eigenvalue weighted by Crippen LogP contribution is -2.30. The van der Waals surface area contributed by atoms with E-state index in [4.69, 9.17) is 9.88 Å². The highest BCUT2D eigenvalue weighted by Gasteiger charge is 2.12. The lowest BCUT2D eigenvalue weighted by atomic mass is 10.1. The summed E-state index contributed by atoms with van der Waals surface area (Å²) in [6.45, 7) is 2.92. The van der Waals surface area contributed by atoms with E-state index < -0.39 is 10.0 Å². The molecular formula is C12H18N2O4S. The lowest BCUT2D eigenvalue weighted by Gasteiger charge is -2.11. The number of hydrogen-bond donors (Lipinski definition) is 2. The molecule has 0 spiro atoms. The van der Waals surface area contributed by atoms with Crippen molar-refractivity contribution in [2.75, 3.05) is 20.3 Å². The Morgan fingerprint density at radius 1 is 1.47 bits per heavy atom. The van der Waals surface area contributed by atoms with Gasteiger partial charge in [-0.15, -0.1) is 0 Å². The van der Waals surface area contributed by atoms with Crippen LogP contribution in [0.25, 0.3) is 0 Å². The molecule has 0 aliphatic rings. The van der Waals surface area contributed by atoms with Gasteiger partial charge in [0.2, 0.25) is 10.0 Å². The normalized spacial score (nSPS) is 13.0. The van der Waals surface area contributed by atoms with Crippen LogP contribution < -0.4 is 10.5 Å². The number of nitrogens with one attached hydrogen (secondary N) is 1. The molecule has 106 valence electrons. The Hall–Kier alpha value is -1.44. The first-order valence-electron chi connectivity index (χ1n) is 5.74. The topological polar surface area (TPSA) is 98.5 Å². The minimum Gasteiger partial charge on any atom is -0.384 e. The SMILES string of the molecule is COCC(C)CNC(=O)c1cccc(S(N)(=O)=O)c1. The van der Waals surface area contributed by atoms with E-state index in [0.29, 0.717) is 13.2 Å². The number of carbonyl (C=O) groups excluding carboxylic acids is 1. The summed E-state index contributed by atoms with van der Waals surface area (Å²) in [6, 6.07) is 5.61. The van der Waals surface area contributed by atoms with Crippen LogP contribution in [0, 0.1) is 5.92 Å². The van der Waals surface area contributed by atoms with Gasteiger partial charge in [-0.25, -0.2) is 13.6 Å². The monoisotopic (exact) mass is 286 g/mol. The van der Waals surface area contributed by atoms with Gasteiger partial charge in [-0.3, -0.25) is 4.79 Å². The number of primary sulfonamides is 1. The van der Waals surface area contributed by atoms with E-state index >= 15 is 0 Å². The van der Waals surface area contributed by atoms with Gasteiger partial charge in [0, 0.05) is 19.2 Å². The first kappa shape index (κ1) is 15.6. The van der Waals surface area contributed by atoms with E-state index in [1.165, 1.54) is 24.3 Å². The van der Waals surface area contributed by atoms with Crippen molar-refractivity contribution in [3.63, 3.8) is 0 Å². The molecule has 0 saturated heterocycles. The fraction of sp³-hybridized carbons (Fsp3) is 0.417. The van der Waals surface area contributed by atoms with Crippen molar-refractivity contribution in [2.24, 2.45) is 11.1 Å². The van der Waals surface area contributed by atoms with Crippen molar-refractivity contribution in [1.82, 2.24) is 5.32 Å². The second-order valence-electron chi connectivity index (χ2n) is 4.34. The number of amides is 1. The van der Waals surface area contributed by atoms with Gasteiger partial charge >= 0.3 is 0 Å². The maximum Gasteiger partial charge on any atom is 0.251 e. The maximum atomic E-state index is 11.8. The van der Waals surface area contributed by atoms with Crippen LogP contribution in [-0.4, -0.2) is 34.6 Å². The van der Waals surface area contributed by atoms with Crippen LogP contribution in [0.5, 0.6) is 0 Å². The van der Waals surface area contributed by atoms with Gasteiger partial charge in [0.05, 0.1) is 11.5 Å². The first-order valence-corrected chi connectivity index (χ1v) is 7.29. The van der Waals surface area contributed by atoms with Crippen LogP contribution in [0.4, 0.5) is 0 Å². The van der Waals surface area contributed by atoms with Crippen LogP contribution in [0.15, 0.2) is 29.2 Å². The molecule has 1 rings (SSSR count). The molecule has 1 unspecified atom stereocenters. The van der Waals surface area contributed by atoms with Gasteiger partial charge in [0.25, 0.3) is 5.91 Å². The zero-order chi connectivity index (χ0) is 14.5. The van der Waals surface area contributed by atoms with Gasteiger partial charge in [0.15, 0.2) is 0 Å². The quantitative estimate of drug-likeness (QED) is 0.788. The summed E-state index contributed by atoms with van der Waals surface area (Å²) in [5.74, 6) is -0.163. The smallest absolute Gasteiger partial charge is 0.251 e. The van der Waals surface area contributed by atoms with Gasteiger partial charge in [0.1, 0.15) is 0 Å². The molecule has 0 bridgehead atoms. The molecule has 1 amide bonds. The molecule has 7 heteroatoms. The van der Waals surface area contributed by atoms with Gasteiger partial charge in [-0.1, -0.05) is 13.0 Å².